The highest BCUT2D eigenvalue weighted by molar-refractivity contribution is 6.02. The molecule has 0 spiro atoms. The average molecular weight is 425 g/mol. The van der Waals surface area contributed by atoms with E-state index < -0.39 is 0 Å². The van der Waals surface area contributed by atoms with E-state index in [0.29, 0.717) is 17.9 Å². The first-order valence-corrected chi connectivity index (χ1v) is 10.4. The van der Waals surface area contributed by atoms with Gasteiger partial charge in [-0.1, -0.05) is 0 Å². The van der Waals surface area contributed by atoms with Crippen LogP contribution in [0.4, 0.5) is 0 Å². The monoisotopic (exact) mass is 424 g/mol. The van der Waals surface area contributed by atoms with Crippen LogP contribution >= 0.6 is 0 Å². The molecule has 0 radical (unpaired) electrons. The lowest BCUT2D eigenvalue weighted by Crippen LogP contribution is -2.39. The number of aryl methyl sites for hydroxylation is 1. The maximum atomic E-state index is 13.3. The van der Waals surface area contributed by atoms with Crippen LogP contribution in [0, 0.1) is 5.92 Å². The lowest BCUT2D eigenvalue weighted by atomic mass is 9.99. The molecule has 31 heavy (non-hydrogen) atoms. The fourth-order valence-electron chi connectivity index (χ4n) is 3.99. The lowest BCUT2D eigenvalue weighted by molar-refractivity contribution is -0.141. The normalized spacial score (nSPS) is 18.0. The molecule has 4 rings (SSSR count). The first kappa shape index (κ1) is 21.0. The number of carbonyl (C=O) groups is 2. The summed E-state index contributed by atoms with van der Waals surface area (Å²) >= 11 is 0. The Morgan fingerprint density at radius 1 is 1.19 bits per heavy atom. The first-order chi connectivity index (χ1) is 14.9. The molecule has 2 aromatic rings. The summed E-state index contributed by atoms with van der Waals surface area (Å²) in [5, 5.41) is 6.19. The molecule has 0 bridgehead atoms. The van der Waals surface area contributed by atoms with Crippen molar-refractivity contribution < 1.29 is 19.1 Å². The summed E-state index contributed by atoms with van der Waals surface area (Å²) in [5.74, 6) is 1.20. The van der Waals surface area contributed by atoms with Gasteiger partial charge in [-0.05, 0) is 43.2 Å². The van der Waals surface area contributed by atoms with Gasteiger partial charge in [0.1, 0.15) is 18.0 Å². The smallest absolute Gasteiger partial charge is 0.262 e. The quantitative estimate of drug-likeness (QED) is 0.685. The molecule has 1 aliphatic heterocycles. The molecule has 0 unspecified atom stereocenters. The molecule has 2 amide bonds. The third kappa shape index (κ3) is 4.15. The van der Waals surface area contributed by atoms with Gasteiger partial charge in [0.25, 0.3) is 5.91 Å². The molecule has 0 saturated heterocycles. The van der Waals surface area contributed by atoms with Gasteiger partial charge in [-0.3, -0.25) is 9.59 Å². The molecule has 8 nitrogen and oxygen atoms in total. The number of aromatic nitrogens is 1. The van der Waals surface area contributed by atoms with Crippen LogP contribution in [0.15, 0.2) is 41.6 Å². The van der Waals surface area contributed by atoms with Crippen molar-refractivity contribution in [2.75, 3.05) is 27.8 Å². The highest BCUT2D eigenvalue weighted by Gasteiger charge is 2.38. The van der Waals surface area contributed by atoms with E-state index in [2.05, 4.69) is 0 Å². The molecule has 2 heterocycles. The van der Waals surface area contributed by atoms with E-state index in [1.807, 2.05) is 48.1 Å². The van der Waals surface area contributed by atoms with Crippen LogP contribution in [0.3, 0.4) is 0 Å². The predicted molar refractivity (Wildman–Crippen MR) is 116 cm³/mol. The maximum Gasteiger partial charge on any atom is 0.262 e. The largest absolute Gasteiger partial charge is 0.497 e. The zero-order valence-corrected chi connectivity index (χ0v) is 18.4. The van der Waals surface area contributed by atoms with Crippen molar-refractivity contribution in [3.05, 3.63) is 47.8 Å². The standard InChI is InChI=1S/C23H28N4O4/c1-25-11-5-6-19(25)18-13-20(17-12-16(30-3)9-10-21(17)31-4)27(24-18)22(28)14-26(2)23(29)15-7-8-15/h5-6,9-12,15,20H,7-8,13-14H2,1-4H3/t20-/m0/s1. The van der Waals surface area contributed by atoms with Crippen molar-refractivity contribution in [3.63, 3.8) is 0 Å². The number of hydrogen-bond acceptors (Lipinski definition) is 5. The van der Waals surface area contributed by atoms with Crippen molar-refractivity contribution in [3.8, 4) is 11.5 Å². The van der Waals surface area contributed by atoms with Crippen molar-refractivity contribution in [2.24, 2.45) is 18.1 Å². The summed E-state index contributed by atoms with van der Waals surface area (Å²) in [4.78, 5) is 27.2. The van der Waals surface area contributed by atoms with Gasteiger partial charge in [0.2, 0.25) is 5.91 Å². The van der Waals surface area contributed by atoms with Crippen LogP contribution in [-0.2, 0) is 16.6 Å². The molecule has 1 saturated carbocycles. The Hall–Kier alpha value is -3.29. The number of hydrogen-bond donors (Lipinski definition) is 0. The number of benzene rings is 1. The van der Waals surface area contributed by atoms with Crippen LogP contribution < -0.4 is 9.47 Å². The topological polar surface area (TPSA) is 76.4 Å². The highest BCUT2D eigenvalue weighted by atomic mass is 16.5. The molecule has 1 fully saturated rings. The molecule has 1 aromatic carbocycles. The van der Waals surface area contributed by atoms with Crippen LogP contribution in [0.1, 0.15) is 36.6 Å². The van der Waals surface area contributed by atoms with Gasteiger partial charge >= 0.3 is 0 Å². The second kappa shape index (κ2) is 8.45. The van der Waals surface area contributed by atoms with Crippen LogP contribution in [0.2, 0.25) is 0 Å². The summed E-state index contributed by atoms with van der Waals surface area (Å²) in [5.41, 5.74) is 2.58. The Bertz CT molecular complexity index is 1020. The number of methoxy groups -OCH3 is 2. The van der Waals surface area contributed by atoms with Crippen molar-refractivity contribution in [2.45, 2.75) is 25.3 Å². The summed E-state index contributed by atoms with van der Waals surface area (Å²) in [6.45, 7) is -0.0119. The Morgan fingerprint density at radius 2 is 1.97 bits per heavy atom. The summed E-state index contributed by atoms with van der Waals surface area (Å²) < 4.78 is 13.0. The number of amides is 2. The summed E-state index contributed by atoms with van der Waals surface area (Å²) in [6, 6.07) is 9.12. The average Bonchev–Trinajstić information content (AvgIpc) is 3.39. The van der Waals surface area contributed by atoms with E-state index in [1.165, 1.54) is 9.91 Å². The molecule has 0 N–H and O–H groups in total. The molecule has 164 valence electrons. The number of likely N-dealkylation sites (N-methyl/N-ethyl adjacent to an activating group) is 1. The molecule has 8 heteroatoms. The number of ether oxygens (including phenoxy) is 2. The second-order valence-electron chi connectivity index (χ2n) is 8.09. The molecule has 2 aliphatic rings. The third-order valence-corrected chi connectivity index (χ3v) is 5.88. The number of hydrazone groups is 1. The molecular weight excluding hydrogens is 396 g/mol. The van der Waals surface area contributed by atoms with Gasteiger partial charge in [0.15, 0.2) is 0 Å². The van der Waals surface area contributed by atoms with E-state index in [1.54, 1.807) is 21.3 Å². The van der Waals surface area contributed by atoms with E-state index >= 15 is 0 Å². The molecule has 1 aliphatic carbocycles. The summed E-state index contributed by atoms with van der Waals surface area (Å²) in [6.07, 6.45) is 4.29. The molecule has 1 atom stereocenters. The zero-order valence-electron chi connectivity index (χ0n) is 18.4. The van der Waals surface area contributed by atoms with E-state index in [0.717, 1.165) is 29.8 Å². The van der Waals surface area contributed by atoms with Gasteiger partial charge in [0, 0.05) is 38.2 Å². The lowest BCUT2D eigenvalue weighted by Gasteiger charge is -2.26. The van der Waals surface area contributed by atoms with Gasteiger partial charge in [-0.15, -0.1) is 0 Å². The Kier molecular flexibility index (Phi) is 5.71. The van der Waals surface area contributed by atoms with E-state index in [4.69, 9.17) is 14.6 Å². The maximum absolute atomic E-state index is 13.3. The Labute approximate surface area is 182 Å². The van der Waals surface area contributed by atoms with Crippen molar-refractivity contribution in [1.29, 1.82) is 0 Å². The minimum absolute atomic E-state index is 0.0119. The zero-order chi connectivity index (χ0) is 22.1. The summed E-state index contributed by atoms with van der Waals surface area (Å²) in [7, 11) is 6.84. The third-order valence-electron chi connectivity index (χ3n) is 5.88. The molecule has 1 aromatic heterocycles. The Morgan fingerprint density at radius 3 is 2.58 bits per heavy atom. The second-order valence-corrected chi connectivity index (χ2v) is 8.09. The fourth-order valence-corrected chi connectivity index (χ4v) is 3.99. The minimum atomic E-state index is -0.355. The van der Waals surface area contributed by atoms with Crippen molar-refractivity contribution >= 4 is 17.5 Å². The predicted octanol–water partition coefficient (Wildman–Crippen LogP) is 2.59. The molecular formula is C23H28N4O4. The number of nitrogens with zero attached hydrogens (tertiary/aromatic N) is 4. The highest BCUT2D eigenvalue weighted by Crippen LogP contribution is 2.39. The first-order valence-electron chi connectivity index (χ1n) is 10.4. The van der Waals surface area contributed by atoms with Crippen LogP contribution in [0.5, 0.6) is 11.5 Å². The Balaban J connectivity index is 1.67. The van der Waals surface area contributed by atoms with E-state index in [-0.39, 0.29) is 30.3 Å². The van der Waals surface area contributed by atoms with Gasteiger partial charge in [0.05, 0.1) is 31.7 Å². The SMILES string of the molecule is COc1ccc(OC)c([C@@H]2CC(c3cccn3C)=NN2C(=O)CN(C)C(=O)C2CC2)c1. The van der Waals surface area contributed by atoms with Crippen LogP contribution in [-0.4, -0.2) is 59.8 Å². The van der Waals surface area contributed by atoms with E-state index in [9.17, 15) is 9.59 Å². The van der Waals surface area contributed by atoms with Gasteiger partial charge in [-0.25, -0.2) is 5.01 Å². The van der Waals surface area contributed by atoms with Crippen molar-refractivity contribution in [1.82, 2.24) is 14.5 Å². The number of carbonyl (C=O) groups excluding carboxylic acids is 2. The van der Waals surface area contributed by atoms with Gasteiger partial charge in [-0.2, -0.15) is 5.10 Å². The minimum Gasteiger partial charge on any atom is -0.497 e. The fraction of sp³-hybridized carbons (Fsp3) is 0.435. The number of rotatable bonds is 7. The van der Waals surface area contributed by atoms with Crippen LogP contribution in [0.25, 0.3) is 0 Å². The van der Waals surface area contributed by atoms with Gasteiger partial charge < -0.3 is 18.9 Å².